The highest BCUT2D eigenvalue weighted by Gasteiger charge is 2.30. The van der Waals surface area contributed by atoms with Gasteiger partial charge in [-0.1, -0.05) is 6.92 Å². The monoisotopic (exact) mass is 297 g/mol. The summed E-state index contributed by atoms with van der Waals surface area (Å²) in [5.74, 6) is -3.58. The van der Waals surface area contributed by atoms with Gasteiger partial charge in [-0.15, -0.1) is 0 Å². The Kier molecular flexibility index (Phi) is 4.02. The molecule has 0 fully saturated rings. The number of halogens is 1. The molecule has 0 aromatic heterocycles. The summed E-state index contributed by atoms with van der Waals surface area (Å²) in [6, 6.07) is 1.49. The Bertz CT molecular complexity index is 602. The molecule has 1 aliphatic heterocycles. The maximum atomic E-state index is 14.0. The summed E-state index contributed by atoms with van der Waals surface area (Å²) in [6.45, 7) is 1.64. The van der Waals surface area contributed by atoms with Crippen molar-refractivity contribution in [3.63, 3.8) is 0 Å². The summed E-state index contributed by atoms with van der Waals surface area (Å²) in [5.41, 5.74) is 0.795. The van der Waals surface area contributed by atoms with E-state index in [1.54, 1.807) is 0 Å². The molecule has 1 amide bonds. The van der Waals surface area contributed by atoms with Crippen LogP contribution in [0.15, 0.2) is 6.07 Å². The van der Waals surface area contributed by atoms with E-state index in [1.807, 2.05) is 0 Å². The molecule has 2 rings (SSSR count). The zero-order chi connectivity index (χ0) is 15.7. The highest BCUT2D eigenvalue weighted by Crippen LogP contribution is 2.37. The number of benzene rings is 1. The molecule has 0 saturated heterocycles. The standard InChI is InChI=1S/C14H16FNO5/c1-7(14(19)20)3-11(17)16-5-8-4-10(21-2)13(18)12(15)9(8)6-16/h4,7,18H,3,5-6H2,1-2H3,(H,19,20). The highest BCUT2D eigenvalue weighted by molar-refractivity contribution is 5.82. The van der Waals surface area contributed by atoms with Crippen LogP contribution < -0.4 is 4.74 Å². The third-order valence-electron chi connectivity index (χ3n) is 3.58. The van der Waals surface area contributed by atoms with Crippen molar-refractivity contribution >= 4 is 11.9 Å². The first-order chi connectivity index (χ1) is 9.85. The van der Waals surface area contributed by atoms with Crippen LogP contribution in [-0.2, 0) is 22.7 Å². The summed E-state index contributed by atoms with van der Waals surface area (Å²) in [7, 11) is 1.31. The number of aliphatic carboxylic acids is 1. The first-order valence-corrected chi connectivity index (χ1v) is 6.43. The van der Waals surface area contributed by atoms with Gasteiger partial charge in [0.15, 0.2) is 17.3 Å². The number of hydrogen-bond acceptors (Lipinski definition) is 4. The molecular weight excluding hydrogens is 281 g/mol. The van der Waals surface area contributed by atoms with Crippen molar-refractivity contribution in [2.45, 2.75) is 26.4 Å². The first kappa shape index (κ1) is 15.1. The first-order valence-electron chi connectivity index (χ1n) is 6.43. The van der Waals surface area contributed by atoms with Crippen molar-refractivity contribution in [2.24, 2.45) is 5.92 Å². The van der Waals surface area contributed by atoms with Gasteiger partial charge in [-0.05, 0) is 11.6 Å². The number of methoxy groups -OCH3 is 1. The lowest BCUT2D eigenvalue weighted by Gasteiger charge is -2.16. The van der Waals surface area contributed by atoms with Crippen molar-refractivity contribution in [3.8, 4) is 11.5 Å². The minimum absolute atomic E-state index is 0.0134. The fraction of sp³-hybridized carbons (Fsp3) is 0.429. The van der Waals surface area contributed by atoms with Crippen molar-refractivity contribution < 1.29 is 28.9 Å². The van der Waals surface area contributed by atoms with Crippen LogP contribution in [0.5, 0.6) is 11.5 Å². The minimum Gasteiger partial charge on any atom is -0.502 e. The lowest BCUT2D eigenvalue weighted by molar-refractivity contribution is -0.145. The second kappa shape index (κ2) is 5.59. The van der Waals surface area contributed by atoms with E-state index >= 15 is 0 Å². The van der Waals surface area contributed by atoms with Crippen molar-refractivity contribution in [1.82, 2.24) is 4.90 Å². The number of hydrogen-bond donors (Lipinski definition) is 2. The van der Waals surface area contributed by atoms with Crippen molar-refractivity contribution in [2.75, 3.05) is 7.11 Å². The van der Waals surface area contributed by atoms with E-state index < -0.39 is 23.5 Å². The molecule has 0 bridgehead atoms. The number of fused-ring (bicyclic) bond motifs is 1. The van der Waals surface area contributed by atoms with Crippen LogP contribution in [-0.4, -0.2) is 34.1 Å². The van der Waals surface area contributed by atoms with Gasteiger partial charge in [-0.2, -0.15) is 0 Å². The van der Waals surface area contributed by atoms with Crippen LogP contribution in [0.4, 0.5) is 4.39 Å². The van der Waals surface area contributed by atoms with Gasteiger partial charge < -0.3 is 19.8 Å². The normalized spacial score (nSPS) is 14.7. The van der Waals surface area contributed by atoms with Gasteiger partial charge in [0, 0.05) is 25.1 Å². The lowest BCUT2D eigenvalue weighted by Crippen LogP contribution is -2.28. The highest BCUT2D eigenvalue weighted by atomic mass is 19.1. The van der Waals surface area contributed by atoms with Gasteiger partial charge >= 0.3 is 5.97 Å². The molecule has 7 heteroatoms. The number of aromatic hydroxyl groups is 1. The van der Waals surface area contributed by atoms with Gasteiger partial charge in [-0.3, -0.25) is 9.59 Å². The average molecular weight is 297 g/mol. The third-order valence-corrected chi connectivity index (χ3v) is 3.58. The van der Waals surface area contributed by atoms with E-state index in [4.69, 9.17) is 9.84 Å². The number of phenols is 1. The Morgan fingerprint density at radius 1 is 1.48 bits per heavy atom. The molecule has 0 spiro atoms. The number of carboxylic acid groups (broad SMARTS) is 1. The molecule has 1 atom stereocenters. The molecule has 0 saturated carbocycles. The molecule has 1 heterocycles. The molecular formula is C14H16FNO5. The SMILES string of the molecule is COc1cc2c(c(F)c1O)CN(C(=O)CC(C)C(=O)O)C2. The third kappa shape index (κ3) is 2.76. The Morgan fingerprint density at radius 2 is 2.14 bits per heavy atom. The van der Waals surface area contributed by atoms with E-state index in [9.17, 15) is 19.1 Å². The Labute approximate surface area is 120 Å². The zero-order valence-corrected chi connectivity index (χ0v) is 11.7. The summed E-state index contributed by atoms with van der Waals surface area (Å²) in [5, 5.41) is 18.4. The Hall–Kier alpha value is -2.31. The quantitative estimate of drug-likeness (QED) is 0.879. The molecule has 1 unspecified atom stereocenters. The van der Waals surface area contributed by atoms with E-state index in [2.05, 4.69) is 0 Å². The lowest BCUT2D eigenvalue weighted by atomic mass is 10.1. The van der Waals surface area contributed by atoms with Crippen LogP contribution in [0.25, 0.3) is 0 Å². The summed E-state index contributed by atoms with van der Waals surface area (Å²) < 4.78 is 18.9. The molecule has 6 nitrogen and oxygen atoms in total. The molecule has 1 aromatic rings. The molecule has 114 valence electrons. The largest absolute Gasteiger partial charge is 0.502 e. The number of nitrogens with zero attached hydrogens (tertiary/aromatic N) is 1. The van der Waals surface area contributed by atoms with E-state index in [-0.39, 0.29) is 36.7 Å². The van der Waals surface area contributed by atoms with Crippen molar-refractivity contribution in [3.05, 3.63) is 23.0 Å². The summed E-state index contributed by atoms with van der Waals surface area (Å²) >= 11 is 0. The fourth-order valence-corrected chi connectivity index (χ4v) is 2.28. The number of carbonyl (C=O) groups excluding carboxylic acids is 1. The number of ether oxygens (including phenoxy) is 1. The summed E-state index contributed by atoms with van der Waals surface area (Å²) in [6.07, 6.45) is -0.145. The Balaban J connectivity index is 2.18. The number of carbonyl (C=O) groups is 2. The van der Waals surface area contributed by atoms with Crippen molar-refractivity contribution in [1.29, 1.82) is 0 Å². The predicted octanol–water partition coefficient (Wildman–Crippen LogP) is 1.49. The van der Waals surface area contributed by atoms with E-state index in [1.165, 1.54) is 25.0 Å². The van der Waals surface area contributed by atoms with E-state index in [0.717, 1.165) is 0 Å². The van der Waals surface area contributed by atoms with Crippen LogP contribution in [0.2, 0.25) is 0 Å². The molecule has 21 heavy (non-hydrogen) atoms. The van der Waals surface area contributed by atoms with Gasteiger partial charge in [0.1, 0.15) is 0 Å². The molecule has 0 radical (unpaired) electrons. The van der Waals surface area contributed by atoms with Crippen LogP contribution >= 0.6 is 0 Å². The molecule has 1 aliphatic rings. The van der Waals surface area contributed by atoms with Crippen LogP contribution in [0, 0.1) is 11.7 Å². The molecule has 2 N–H and O–H groups in total. The second-order valence-corrected chi connectivity index (χ2v) is 5.07. The van der Waals surface area contributed by atoms with Gasteiger partial charge in [0.05, 0.1) is 13.0 Å². The maximum Gasteiger partial charge on any atom is 0.306 e. The topological polar surface area (TPSA) is 87.1 Å². The number of amides is 1. The Morgan fingerprint density at radius 3 is 2.71 bits per heavy atom. The predicted molar refractivity (Wildman–Crippen MR) is 70.3 cm³/mol. The second-order valence-electron chi connectivity index (χ2n) is 5.07. The maximum absolute atomic E-state index is 14.0. The fourth-order valence-electron chi connectivity index (χ4n) is 2.28. The summed E-state index contributed by atoms with van der Waals surface area (Å²) in [4.78, 5) is 24.2. The number of carboxylic acids is 1. The molecule has 1 aromatic carbocycles. The van der Waals surface area contributed by atoms with Gasteiger partial charge in [-0.25, -0.2) is 4.39 Å². The van der Waals surface area contributed by atoms with E-state index in [0.29, 0.717) is 5.56 Å². The minimum atomic E-state index is -1.05. The number of rotatable bonds is 4. The number of phenolic OH excluding ortho intramolecular Hbond substituents is 1. The molecule has 0 aliphatic carbocycles. The smallest absolute Gasteiger partial charge is 0.306 e. The average Bonchev–Trinajstić information content (AvgIpc) is 2.86. The van der Waals surface area contributed by atoms with Crippen LogP contribution in [0.3, 0.4) is 0 Å². The van der Waals surface area contributed by atoms with Gasteiger partial charge in [0.2, 0.25) is 5.91 Å². The van der Waals surface area contributed by atoms with Crippen LogP contribution in [0.1, 0.15) is 24.5 Å². The zero-order valence-electron chi connectivity index (χ0n) is 11.7. The van der Waals surface area contributed by atoms with Gasteiger partial charge in [0.25, 0.3) is 0 Å².